The Labute approximate surface area is 53.8 Å². The molecule has 0 aromatic carbocycles. The average molecular weight is 124 g/mol. The second-order valence-corrected chi connectivity index (χ2v) is 2.09. The molecule has 2 nitrogen and oxygen atoms in total. The van der Waals surface area contributed by atoms with E-state index in [0.29, 0.717) is 13.2 Å². The first-order chi connectivity index (χ1) is 4.47. The smallest absolute Gasteiger partial charge is 0.133 e. The Morgan fingerprint density at radius 3 is 3.33 bits per heavy atom. The third-order valence-electron chi connectivity index (χ3n) is 1.48. The first-order valence-corrected chi connectivity index (χ1v) is 3.09. The summed E-state index contributed by atoms with van der Waals surface area (Å²) in [5.41, 5.74) is 0. The van der Waals surface area contributed by atoms with Gasteiger partial charge >= 0.3 is 0 Å². The third kappa shape index (κ3) is 0.754. The zero-order valence-electron chi connectivity index (χ0n) is 5.04. The molecule has 0 amide bonds. The Morgan fingerprint density at radius 1 is 1.44 bits per heavy atom. The standard InChI is InChI=1S/C7H8O2/c1-2-6-7(3-1)9-5-4-8-6/h1-3,6H,4-5H2. The predicted molar refractivity (Wildman–Crippen MR) is 32.9 cm³/mol. The summed E-state index contributed by atoms with van der Waals surface area (Å²) in [7, 11) is 0. The van der Waals surface area contributed by atoms with Crippen LogP contribution in [-0.2, 0) is 9.47 Å². The van der Waals surface area contributed by atoms with E-state index in [9.17, 15) is 0 Å². The van der Waals surface area contributed by atoms with Crippen molar-refractivity contribution < 1.29 is 9.47 Å². The van der Waals surface area contributed by atoms with Crippen LogP contribution in [0, 0.1) is 0 Å². The minimum atomic E-state index is 0.124. The molecule has 0 aromatic rings. The van der Waals surface area contributed by atoms with E-state index in [1.54, 1.807) is 0 Å². The van der Waals surface area contributed by atoms with Gasteiger partial charge in [-0.2, -0.15) is 0 Å². The molecule has 1 fully saturated rings. The molecule has 0 N–H and O–H groups in total. The van der Waals surface area contributed by atoms with Crippen LogP contribution in [0.25, 0.3) is 0 Å². The quantitative estimate of drug-likeness (QED) is 0.476. The zero-order chi connectivity index (χ0) is 6.10. The summed E-state index contributed by atoms with van der Waals surface area (Å²) < 4.78 is 10.6. The Hall–Kier alpha value is -0.760. The van der Waals surface area contributed by atoms with Crippen molar-refractivity contribution in [3.8, 4) is 0 Å². The molecule has 1 unspecified atom stereocenters. The maximum absolute atomic E-state index is 5.32. The van der Waals surface area contributed by atoms with E-state index in [1.165, 1.54) is 0 Å². The van der Waals surface area contributed by atoms with Crippen LogP contribution in [-0.4, -0.2) is 19.3 Å². The topological polar surface area (TPSA) is 18.5 Å². The first-order valence-electron chi connectivity index (χ1n) is 3.09. The number of hydrogen-bond acceptors (Lipinski definition) is 2. The van der Waals surface area contributed by atoms with Gasteiger partial charge in [0.05, 0.1) is 6.61 Å². The largest absolute Gasteiger partial charge is 0.492 e. The number of fused-ring (bicyclic) bond motifs is 1. The molecule has 9 heavy (non-hydrogen) atoms. The lowest BCUT2D eigenvalue weighted by molar-refractivity contribution is -0.0187. The summed E-state index contributed by atoms with van der Waals surface area (Å²) in [6.45, 7) is 1.41. The maximum Gasteiger partial charge on any atom is 0.133 e. The number of hydrogen-bond donors (Lipinski definition) is 0. The molecule has 0 radical (unpaired) electrons. The van der Waals surface area contributed by atoms with E-state index >= 15 is 0 Å². The van der Waals surface area contributed by atoms with E-state index < -0.39 is 0 Å². The molecule has 1 atom stereocenters. The SMILES string of the molecule is C1=CC2OCCOC2=C1. The summed E-state index contributed by atoms with van der Waals surface area (Å²) in [6.07, 6.45) is 6.03. The van der Waals surface area contributed by atoms with Gasteiger partial charge in [-0.15, -0.1) is 0 Å². The van der Waals surface area contributed by atoms with E-state index in [4.69, 9.17) is 9.47 Å². The normalized spacial score (nSPS) is 31.1. The fraction of sp³-hybridized carbons (Fsp3) is 0.429. The molecule has 0 bridgehead atoms. The fourth-order valence-electron chi connectivity index (χ4n) is 1.04. The lowest BCUT2D eigenvalue weighted by Gasteiger charge is -2.21. The van der Waals surface area contributed by atoms with Crippen molar-refractivity contribution >= 4 is 0 Å². The maximum atomic E-state index is 5.32. The molecular weight excluding hydrogens is 116 g/mol. The molecular formula is C7H8O2. The minimum Gasteiger partial charge on any atom is -0.492 e. The van der Waals surface area contributed by atoms with Crippen LogP contribution in [0.4, 0.5) is 0 Å². The highest BCUT2D eigenvalue weighted by molar-refractivity contribution is 5.25. The van der Waals surface area contributed by atoms with Crippen molar-refractivity contribution in [1.82, 2.24) is 0 Å². The van der Waals surface area contributed by atoms with E-state index in [-0.39, 0.29) is 6.10 Å². The van der Waals surface area contributed by atoms with E-state index in [1.807, 2.05) is 18.2 Å². The highest BCUT2D eigenvalue weighted by Crippen LogP contribution is 2.19. The monoisotopic (exact) mass is 124 g/mol. The second kappa shape index (κ2) is 1.88. The van der Waals surface area contributed by atoms with Gasteiger partial charge in [0.25, 0.3) is 0 Å². The van der Waals surface area contributed by atoms with Crippen LogP contribution < -0.4 is 0 Å². The van der Waals surface area contributed by atoms with E-state index in [2.05, 4.69) is 0 Å². The summed E-state index contributed by atoms with van der Waals surface area (Å²) >= 11 is 0. The van der Waals surface area contributed by atoms with Crippen LogP contribution in [0.5, 0.6) is 0 Å². The average Bonchev–Trinajstić information content (AvgIpc) is 2.33. The summed E-state index contributed by atoms with van der Waals surface area (Å²) in [5, 5.41) is 0. The molecule has 2 aliphatic rings. The molecule has 0 spiro atoms. The van der Waals surface area contributed by atoms with Crippen molar-refractivity contribution in [3.05, 3.63) is 24.0 Å². The van der Waals surface area contributed by atoms with E-state index in [0.717, 1.165) is 5.76 Å². The first kappa shape index (κ1) is 5.06. The van der Waals surface area contributed by atoms with Crippen LogP contribution >= 0.6 is 0 Å². The second-order valence-electron chi connectivity index (χ2n) is 2.09. The lowest BCUT2D eigenvalue weighted by Crippen LogP contribution is -2.22. The minimum absolute atomic E-state index is 0.124. The molecule has 2 rings (SSSR count). The van der Waals surface area contributed by atoms with Crippen molar-refractivity contribution in [2.75, 3.05) is 13.2 Å². The van der Waals surface area contributed by atoms with Crippen LogP contribution in [0.2, 0.25) is 0 Å². The van der Waals surface area contributed by atoms with Gasteiger partial charge in [0.2, 0.25) is 0 Å². The van der Waals surface area contributed by atoms with Gasteiger partial charge in [-0.1, -0.05) is 6.08 Å². The predicted octanol–water partition coefficient (Wildman–Crippen LogP) is 0.856. The fourth-order valence-corrected chi connectivity index (χ4v) is 1.04. The van der Waals surface area contributed by atoms with Gasteiger partial charge in [0.1, 0.15) is 18.5 Å². The molecule has 1 aliphatic heterocycles. The Kier molecular flexibility index (Phi) is 1.06. The van der Waals surface area contributed by atoms with Gasteiger partial charge < -0.3 is 9.47 Å². The molecule has 48 valence electrons. The summed E-state index contributed by atoms with van der Waals surface area (Å²) in [5.74, 6) is 0.959. The molecule has 1 aliphatic carbocycles. The van der Waals surface area contributed by atoms with Gasteiger partial charge in [0.15, 0.2) is 0 Å². The van der Waals surface area contributed by atoms with Crippen molar-refractivity contribution in [2.45, 2.75) is 6.10 Å². The van der Waals surface area contributed by atoms with Crippen molar-refractivity contribution in [3.63, 3.8) is 0 Å². The number of ether oxygens (including phenoxy) is 2. The van der Waals surface area contributed by atoms with Crippen LogP contribution in [0.3, 0.4) is 0 Å². The number of allylic oxidation sites excluding steroid dienone is 2. The zero-order valence-corrected chi connectivity index (χ0v) is 5.04. The number of rotatable bonds is 0. The van der Waals surface area contributed by atoms with Crippen molar-refractivity contribution in [1.29, 1.82) is 0 Å². The van der Waals surface area contributed by atoms with Gasteiger partial charge in [-0.3, -0.25) is 0 Å². The lowest BCUT2D eigenvalue weighted by atomic mass is 10.3. The molecule has 2 heteroatoms. The molecule has 0 saturated carbocycles. The molecule has 0 aromatic heterocycles. The Balaban J connectivity index is 2.16. The Morgan fingerprint density at radius 2 is 2.44 bits per heavy atom. The Bertz CT molecular complexity index is 170. The van der Waals surface area contributed by atoms with Crippen LogP contribution in [0.1, 0.15) is 0 Å². The molecule has 1 saturated heterocycles. The highest BCUT2D eigenvalue weighted by Gasteiger charge is 2.20. The summed E-state index contributed by atoms with van der Waals surface area (Å²) in [6, 6.07) is 0. The summed E-state index contributed by atoms with van der Waals surface area (Å²) in [4.78, 5) is 0. The highest BCUT2D eigenvalue weighted by atomic mass is 16.6. The van der Waals surface area contributed by atoms with Crippen LogP contribution in [0.15, 0.2) is 24.0 Å². The van der Waals surface area contributed by atoms with Crippen molar-refractivity contribution in [2.24, 2.45) is 0 Å². The van der Waals surface area contributed by atoms with Gasteiger partial charge in [-0.25, -0.2) is 0 Å². The van der Waals surface area contributed by atoms with Gasteiger partial charge in [0, 0.05) is 0 Å². The molecule has 1 heterocycles. The van der Waals surface area contributed by atoms with Gasteiger partial charge in [-0.05, 0) is 12.2 Å². The third-order valence-corrected chi connectivity index (χ3v) is 1.48.